The van der Waals surface area contributed by atoms with Gasteiger partial charge in [-0.1, -0.05) is 18.2 Å². The maximum absolute atomic E-state index is 12.7. The van der Waals surface area contributed by atoms with Crippen LogP contribution in [0.5, 0.6) is 5.75 Å². The normalized spacial score (nSPS) is 11.5. The van der Waals surface area contributed by atoms with Crippen LogP contribution in [-0.2, 0) is 6.18 Å². The highest BCUT2D eigenvalue weighted by Gasteiger charge is 2.30. The molecule has 0 saturated heterocycles. The number of halogens is 3. The first kappa shape index (κ1) is 16.1. The van der Waals surface area contributed by atoms with Gasteiger partial charge in [-0.3, -0.25) is 4.57 Å². The largest absolute Gasteiger partial charge is 0.495 e. The van der Waals surface area contributed by atoms with Crippen molar-refractivity contribution in [2.75, 3.05) is 7.11 Å². The number of rotatable bonds is 3. The number of hydrogen-bond donors (Lipinski definition) is 0. The van der Waals surface area contributed by atoms with Crippen molar-refractivity contribution in [3.63, 3.8) is 0 Å². The summed E-state index contributed by atoms with van der Waals surface area (Å²) in [5.74, 6) is 0.659. The molecule has 0 amide bonds. The number of alkyl halides is 3. The number of hydrogen-bond acceptors (Lipinski definition) is 2. The van der Waals surface area contributed by atoms with E-state index in [0.29, 0.717) is 17.0 Å². The van der Waals surface area contributed by atoms with Gasteiger partial charge in [-0.05, 0) is 36.8 Å². The fourth-order valence-corrected chi connectivity index (χ4v) is 2.52. The molecule has 0 atom stereocenters. The monoisotopic (exact) mass is 332 g/mol. The Morgan fingerprint density at radius 3 is 2.38 bits per heavy atom. The van der Waals surface area contributed by atoms with E-state index in [9.17, 15) is 13.2 Å². The van der Waals surface area contributed by atoms with Crippen LogP contribution in [0.15, 0.2) is 55.0 Å². The second-order valence-electron chi connectivity index (χ2n) is 5.40. The van der Waals surface area contributed by atoms with Gasteiger partial charge in [0.2, 0.25) is 0 Å². The number of methoxy groups -OCH3 is 1. The van der Waals surface area contributed by atoms with Gasteiger partial charge in [0.1, 0.15) is 5.75 Å². The molecule has 1 heterocycles. The number of nitrogens with zero attached hydrogens (tertiary/aromatic N) is 2. The van der Waals surface area contributed by atoms with E-state index in [1.807, 2.05) is 25.1 Å². The first-order chi connectivity index (χ1) is 11.4. The number of imidazole rings is 1. The Hall–Kier alpha value is -2.76. The van der Waals surface area contributed by atoms with Gasteiger partial charge >= 0.3 is 6.18 Å². The second kappa shape index (κ2) is 6.03. The molecule has 0 aliphatic rings. The molecule has 0 N–H and O–H groups in total. The second-order valence-corrected chi connectivity index (χ2v) is 5.40. The molecule has 0 radical (unpaired) electrons. The van der Waals surface area contributed by atoms with Gasteiger partial charge in [0, 0.05) is 5.56 Å². The first-order valence-electron chi connectivity index (χ1n) is 7.25. The fraction of sp³-hybridized carbons (Fsp3) is 0.167. The van der Waals surface area contributed by atoms with E-state index < -0.39 is 11.7 Å². The minimum Gasteiger partial charge on any atom is -0.495 e. The van der Waals surface area contributed by atoms with Crippen LogP contribution in [0.2, 0.25) is 0 Å². The molecule has 1 aromatic heterocycles. The topological polar surface area (TPSA) is 27.1 Å². The maximum Gasteiger partial charge on any atom is 0.416 e. The van der Waals surface area contributed by atoms with Crippen LogP contribution < -0.4 is 4.74 Å². The quantitative estimate of drug-likeness (QED) is 0.684. The predicted molar refractivity (Wildman–Crippen MR) is 85.3 cm³/mol. The molecule has 3 nitrogen and oxygen atoms in total. The summed E-state index contributed by atoms with van der Waals surface area (Å²) in [7, 11) is 1.57. The van der Waals surface area contributed by atoms with Crippen LogP contribution in [0, 0.1) is 6.92 Å². The van der Waals surface area contributed by atoms with Gasteiger partial charge in [-0.2, -0.15) is 13.2 Å². The molecule has 6 heteroatoms. The van der Waals surface area contributed by atoms with E-state index in [4.69, 9.17) is 4.74 Å². The van der Waals surface area contributed by atoms with Crippen LogP contribution in [-0.4, -0.2) is 16.7 Å². The van der Waals surface area contributed by atoms with Gasteiger partial charge < -0.3 is 4.74 Å². The Morgan fingerprint density at radius 2 is 1.75 bits per heavy atom. The smallest absolute Gasteiger partial charge is 0.416 e. The molecule has 24 heavy (non-hydrogen) atoms. The van der Waals surface area contributed by atoms with E-state index in [0.717, 1.165) is 23.4 Å². The summed E-state index contributed by atoms with van der Waals surface area (Å²) in [6, 6.07) is 10.7. The summed E-state index contributed by atoms with van der Waals surface area (Å²) in [5, 5.41) is 0. The van der Waals surface area contributed by atoms with Crippen molar-refractivity contribution in [2.45, 2.75) is 13.1 Å². The van der Waals surface area contributed by atoms with Crippen LogP contribution in [0.25, 0.3) is 16.9 Å². The third-order valence-electron chi connectivity index (χ3n) is 3.74. The summed E-state index contributed by atoms with van der Waals surface area (Å²) in [5.41, 5.74) is 2.48. The zero-order valence-electron chi connectivity index (χ0n) is 13.1. The van der Waals surface area contributed by atoms with Crippen LogP contribution >= 0.6 is 0 Å². The van der Waals surface area contributed by atoms with Gasteiger partial charge in [0.15, 0.2) is 0 Å². The molecule has 0 fully saturated rings. The van der Waals surface area contributed by atoms with E-state index in [-0.39, 0.29) is 0 Å². The minimum absolute atomic E-state index is 0.643. The van der Waals surface area contributed by atoms with Crippen molar-refractivity contribution in [1.29, 1.82) is 0 Å². The Kier molecular flexibility index (Phi) is 4.05. The molecule has 0 spiro atoms. The molecular formula is C18H15F3N2O. The van der Waals surface area contributed by atoms with Gasteiger partial charge in [-0.15, -0.1) is 0 Å². The molecule has 2 aromatic carbocycles. The first-order valence-corrected chi connectivity index (χ1v) is 7.25. The molecule has 0 aliphatic carbocycles. The molecule has 0 unspecified atom stereocenters. The Morgan fingerprint density at radius 1 is 1.04 bits per heavy atom. The number of aromatic nitrogens is 2. The zero-order valence-corrected chi connectivity index (χ0v) is 13.1. The van der Waals surface area contributed by atoms with Gasteiger partial charge in [-0.25, -0.2) is 4.98 Å². The average molecular weight is 332 g/mol. The number of benzene rings is 2. The van der Waals surface area contributed by atoms with E-state index >= 15 is 0 Å². The van der Waals surface area contributed by atoms with E-state index in [1.54, 1.807) is 24.2 Å². The number of aryl methyl sites for hydroxylation is 1. The van der Waals surface area contributed by atoms with Crippen molar-refractivity contribution in [1.82, 2.24) is 9.55 Å². The van der Waals surface area contributed by atoms with Crippen LogP contribution in [0.4, 0.5) is 13.2 Å². The fourth-order valence-electron chi connectivity index (χ4n) is 2.52. The minimum atomic E-state index is -4.35. The van der Waals surface area contributed by atoms with Gasteiger partial charge in [0.25, 0.3) is 0 Å². The summed E-state index contributed by atoms with van der Waals surface area (Å²) < 4.78 is 45.3. The van der Waals surface area contributed by atoms with E-state index in [2.05, 4.69) is 4.98 Å². The Balaban J connectivity index is 2.07. The van der Waals surface area contributed by atoms with Crippen molar-refractivity contribution in [3.8, 4) is 22.7 Å². The maximum atomic E-state index is 12.7. The lowest BCUT2D eigenvalue weighted by molar-refractivity contribution is -0.137. The summed E-state index contributed by atoms with van der Waals surface area (Å²) in [6.45, 7) is 1.96. The lowest BCUT2D eigenvalue weighted by Crippen LogP contribution is -2.04. The SMILES string of the molecule is COc1ccc(C)cc1-n1cncc1-c1ccc(C(F)(F)F)cc1. The van der Waals surface area contributed by atoms with Crippen molar-refractivity contribution < 1.29 is 17.9 Å². The van der Waals surface area contributed by atoms with Crippen LogP contribution in [0.3, 0.4) is 0 Å². The third-order valence-corrected chi connectivity index (χ3v) is 3.74. The highest BCUT2D eigenvalue weighted by Crippen LogP contribution is 2.33. The van der Waals surface area contributed by atoms with Crippen molar-refractivity contribution in [3.05, 3.63) is 66.1 Å². The molecular weight excluding hydrogens is 317 g/mol. The molecule has 3 aromatic rings. The standard InChI is InChI=1S/C18H15F3N2O/c1-12-3-8-17(24-2)15(9-12)23-11-22-10-16(23)13-4-6-14(7-5-13)18(19,20)21/h3-11H,1-2H3. The summed E-state index contributed by atoms with van der Waals surface area (Å²) in [6.07, 6.45) is -1.12. The van der Waals surface area contributed by atoms with E-state index in [1.165, 1.54) is 12.1 Å². The molecule has 0 saturated carbocycles. The molecule has 3 rings (SSSR count). The van der Waals surface area contributed by atoms with Gasteiger partial charge in [0.05, 0.1) is 36.6 Å². The average Bonchev–Trinajstić information content (AvgIpc) is 3.03. The summed E-state index contributed by atoms with van der Waals surface area (Å²) >= 11 is 0. The third kappa shape index (κ3) is 2.99. The number of ether oxygens (including phenoxy) is 1. The Bertz CT molecular complexity index is 851. The predicted octanol–water partition coefficient (Wildman–Crippen LogP) is 4.88. The Labute approximate surface area is 137 Å². The lowest BCUT2D eigenvalue weighted by atomic mass is 10.1. The highest BCUT2D eigenvalue weighted by molar-refractivity contribution is 5.64. The van der Waals surface area contributed by atoms with Crippen molar-refractivity contribution in [2.24, 2.45) is 0 Å². The molecule has 0 aliphatic heterocycles. The lowest BCUT2D eigenvalue weighted by Gasteiger charge is -2.14. The van der Waals surface area contributed by atoms with Crippen molar-refractivity contribution >= 4 is 0 Å². The molecule has 0 bridgehead atoms. The molecule has 124 valence electrons. The zero-order chi connectivity index (χ0) is 17.3. The highest BCUT2D eigenvalue weighted by atomic mass is 19.4. The van der Waals surface area contributed by atoms with Crippen LogP contribution in [0.1, 0.15) is 11.1 Å². The summed E-state index contributed by atoms with van der Waals surface area (Å²) in [4.78, 5) is 4.14.